The van der Waals surface area contributed by atoms with Gasteiger partial charge >= 0.3 is 28.6 Å². The van der Waals surface area contributed by atoms with E-state index < -0.39 is 34.7 Å². The van der Waals surface area contributed by atoms with Crippen LogP contribution in [-0.4, -0.2) is 42.8 Å². The highest BCUT2D eigenvalue weighted by atomic mass is 32.3. The van der Waals surface area contributed by atoms with E-state index in [2.05, 4.69) is 4.18 Å². The molecule has 0 saturated carbocycles. The summed E-state index contributed by atoms with van der Waals surface area (Å²) < 4.78 is 68.2. The zero-order chi connectivity index (χ0) is 19.1. The lowest BCUT2D eigenvalue weighted by Crippen LogP contribution is -2.32. The fourth-order valence-electron chi connectivity index (χ4n) is 1.14. The van der Waals surface area contributed by atoms with Crippen molar-refractivity contribution < 1.29 is 49.5 Å². The summed E-state index contributed by atoms with van der Waals surface area (Å²) in [6.45, 7) is 0. The first-order chi connectivity index (χ1) is 10.7. The van der Waals surface area contributed by atoms with Gasteiger partial charge in [-0.3, -0.25) is 4.79 Å². The number of alkyl halides is 3. The summed E-state index contributed by atoms with van der Waals surface area (Å²) in [5, 5.41) is 15.7. The van der Waals surface area contributed by atoms with Gasteiger partial charge < -0.3 is 20.1 Å². The first-order valence-corrected chi connectivity index (χ1v) is 7.04. The Labute approximate surface area is 132 Å². The molecule has 0 heterocycles. The quantitative estimate of drug-likeness (QED) is 0.506. The third-order valence-electron chi connectivity index (χ3n) is 2.13. The van der Waals surface area contributed by atoms with E-state index in [0.717, 1.165) is 0 Å². The number of hydrogen-bond acceptors (Lipinski definition) is 6. The summed E-state index contributed by atoms with van der Waals surface area (Å²) in [5.41, 5.74) is 5.87. The van der Waals surface area contributed by atoms with Crippen LogP contribution < -0.4 is 9.92 Å². The van der Waals surface area contributed by atoms with Crippen LogP contribution in [0, 0.1) is 0 Å². The zero-order valence-electron chi connectivity index (χ0n) is 11.5. The molecule has 4 N–H and O–H groups in total. The number of aliphatic carboxylic acids is 2. The first-order valence-electron chi connectivity index (χ1n) is 5.74. The van der Waals surface area contributed by atoms with Crippen molar-refractivity contribution in [1.29, 1.82) is 0 Å². The van der Waals surface area contributed by atoms with Gasteiger partial charge in [-0.05, 0) is 24.1 Å². The van der Waals surface area contributed by atoms with Crippen molar-refractivity contribution in [2.24, 2.45) is 5.73 Å². The SMILES string of the molecule is NC(Cc1ccc(OS(=O)(=O)F)cc1)C(=O)O.O=C(O)C(F)(F)F. The molecule has 0 aliphatic rings. The molecular formula is C11H11F4NO7S. The van der Waals surface area contributed by atoms with E-state index in [9.17, 15) is 30.3 Å². The molecule has 0 bridgehead atoms. The molecule has 0 aliphatic carbocycles. The summed E-state index contributed by atoms with van der Waals surface area (Å²) in [4.78, 5) is 19.4. The average Bonchev–Trinajstić information content (AvgIpc) is 2.38. The van der Waals surface area contributed by atoms with Crippen molar-refractivity contribution >= 4 is 22.4 Å². The van der Waals surface area contributed by atoms with Crippen molar-refractivity contribution in [3.63, 3.8) is 0 Å². The fourth-order valence-corrected chi connectivity index (χ4v) is 1.48. The van der Waals surface area contributed by atoms with Crippen LogP contribution in [-0.2, 0) is 26.5 Å². The number of nitrogens with two attached hydrogens (primary N) is 1. The molecule has 1 rings (SSSR count). The predicted molar refractivity (Wildman–Crippen MR) is 70.1 cm³/mol. The Morgan fingerprint density at radius 2 is 1.58 bits per heavy atom. The van der Waals surface area contributed by atoms with Crippen LogP contribution in [0.15, 0.2) is 24.3 Å². The van der Waals surface area contributed by atoms with Gasteiger partial charge in [-0.25, -0.2) is 4.79 Å². The molecule has 0 radical (unpaired) electrons. The van der Waals surface area contributed by atoms with Crippen LogP contribution in [0.2, 0.25) is 0 Å². The Hall–Kier alpha value is -2.41. The summed E-state index contributed by atoms with van der Waals surface area (Å²) in [7, 11) is -5.05. The molecule has 1 unspecified atom stereocenters. The lowest BCUT2D eigenvalue weighted by atomic mass is 10.1. The number of hydrogen-bond donors (Lipinski definition) is 3. The van der Waals surface area contributed by atoms with Crippen LogP contribution in [0.5, 0.6) is 5.75 Å². The van der Waals surface area contributed by atoms with Crippen molar-refractivity contribution in [3.8, 4) is 5.75 Å². The van der Waals surface area contributed by atoms with Crippen LogP contribution in [0.25, 0.3) is 0 Å². The molecule has 1 aromatic carbocycles. The monoisotopic (exact) mass is 377 g/mol. The van der Waals surface area contributed by atoms with Crippen LogP contribution >= 0.6 is 0 Å². The minimum atomic E-state index is -5.08. The molecule has 0 spiro atoms. The summed E-state index contributed by atoms with van der Waals surface area (Å²) in [6, 6.07) is 4.18. The standard InChI is InChI=1S/C9H10FNO5S.C2HF3O2/c10-17(14,15)16-7-3-1-6(2-4-7)5-8(11)9(12)13;3-2(4,5)1(6)7/h1-4,8H,5,11H2,(H,12,13);(H,6,7). The number of carboxylic acids is 2. The minimum Gasteiger partial charge on any atom is -0.480 e. The molecule has 0 saturated heterocycles. The summed E-state index contributed by atoms with van der Waals surface area (Å²) >= 11 is 0. The molecular weight excluding hydrogens is 366 g/mol. The highest BCUT2D eigenvalue weighted by Gasteiger charge is 2.38. The van der Waals surface area contributed by atoms with Gasteiger partial charge in [-0.1, -0.05) is 16.0 Å². The largest absolute Gasteiger partial charge is 0.490 e. The molecule has 0 aromatic heterocycles. The summed E-state index contributed by atoms with van der Waals surface area (Å²) in [5.74, 6) is -4.09. The van der Waals surface area contributed by atoms with Crippen molar-refractivity contribution in [2.75, 3.05) is 0 Å². The number of benzene rings is 1. The smallest absolute Gasteiger partial charge is 0.480 e. The Morgan fingerprint density at radius 3 is 1.88 bits per heavy atom. The van der Waals surface area contributed by atoms with Crippen molar-refractivity contribution in [2.45, 2.75) is 18.6 Å². The maximum Gasteiger partial charge on any atom is 0.490 e. The molecule has 1 aromatic rings. The third-order valence-corrected chi connectivity index (χ3v) is 2.53. The highest BCUT2D eigenvalue weighted by Crippen LogP contribution is 2.15. The topological polar surface area (TPSA) is 144 Å². The molecule has 136 valence electrons. The van der Waals surface area contributed by atoms with Gasteiger partial charge in [0.15, 0.2) is 0 Å². The van der Waals surface area contributed by atoms with E-state index in [1.54, 1.807) is 0 Å². The van der Waals surface area contributed by atoms with E-state index >= 15 is 0 Å². The Kier molecular flexibility index (Phi) is 7.60. The zero-order valence-corrected chi connectivity index (χ0v) is 12.3. The fraction of sp³-hybridized carbons (Fsp3) is 0.273. The maximum atomic E-state index is 12.1. The second-order valence-electron chi connectivity index (χ2n) is 4.07. The van der Waals surface area contributed by atoms with Crippen LogP contribution in [0.1, 0.15) is 5.56 Å². The van der Waals surface area contributed by atoms with Gasteiger partial charge in [-0.2, -0.15) is 21.6 Å². The van der Waals surface area contributed by atoms with Gasteiger partial charge in [0.2, 0.25) is 0 Å². The maximum absolute atomic E-state index is 12.1. The van der Waals surface area contributed by atoms with E-state index in [1.807, 2.05) is 0 Å². The lowest BCUT2D eigenvalue weighted by molar-refractivity contribution is -0.192. The number of carboxylic acid groups (broad SMARTS) is 2. The molecule has 0 fully saturated rings. The number of carbonyl (C=O) groups is 2. The van der Waals surface area contributed by atoms with E-state index in [0.29, 0.717) is 5.56 Å². The molecule has 8 nitrogen and oxygen atoms in total. The average molecular weight is 377 g/mol. The van der Waals surface area contributed by atoms with Crippen molar-refractivity contribution in [1.82, 2.24) is 0 Å². The second-order valence-corrected chi connectivity index (χ2v) is 5.03. The van der Waals surface area contributed by atoms with Gasteiger partial charge in [-0.15, -0.1) is 0 Å². The highest BCUT2D eigenvalue weighted by molar-refractivity contribution is 7.81. The molecule has 24 heavy (non-hydrogen) atoms. The Morgan fingerprint density at radius 1 is 1.17 bits per heavy atom. The normalized spacial score (nSPS) is 12.5. The van der Waals surface area contributed by atoms with Crippen molar-refractivity contribution in [3.05, 3.63) is 29.8 Å². The molecule has 1 atom stereocenters. The predicted octanol–water partition coefficient (Wildman–Crippen LogP) is 0.867. The molecule has 0 aliphatic heterocycles. The van der Waals surface area contributed by atoms with E-state index in [-0.39, 0.29) is 12.2 Å². The Balaban J connectivity index is 0.000000640. The number of halogens is 4. The summed E-state index contributed by atoms with van der Waals surface area (Å²) in [6.07, 6.45) is -5.00. The van der Waals surface area contributed by atoms with Gasteiger partial charge in [0.25, 0.3) is 0 Å². The van der Waals surface area contributed by atoms with E-state index in [4.69, 9.17) is 20.7 Å². The van der Waals surface area contributed by atoms with Crippen LogP contribution in [0.4, 0.5) is 17.1 Å². The third kappa shape index (κ3) is 9.58. The second kappa shape index (κ2) is 8.44. The Bertz CT molecular complexity index is 673. The minimum absolute atomic E-state index is 0.0813. The van der Waals surface area contributed by atoms with Gasteiger partial charge in [0.1, 0.15) is 11.8 Å². The van der Waals surface area contributed by atoms with Crippen LogP contribution in [0.3, 0.4) is 0 Å². The molecule has 13 heteroatoms. The van der Waals surface area contributed by atoms with Gasteiger partial charge in [0, 0.05) is 0 Å². The number of rotatable bonds is 5. The van der Waals surface area contributed by atoms with E-state index in [1.165, 1.54) is 24.3 Å². The van der Waals surface area contributed by atoms with Gasteiger partial charge in [0.05, 0.1) is 0 Å². The first kappa shape index (κ1) is 21.6. The molecule has 0 amide bonds. The lowest BCUT2D eigenvalue weighted by Gasteiger charge is -2.06.